The molecule has 3 heteroatoms. The standard InChI is InChI=1S/C12H17FN2/c1-15(8-9-5-6-9)12-4-2-3-11(13)10(12)7-14/h2-4,9H,5-8,14H2,1H3. The van der Waals surface area contributed by atoms with E-state index in [-0.39, 0.29) is 12.4 Å². The number of halogens is 1. The van der Waals surface area contributed by atoms with Crippen molar-refractivity contribution >= 4 is 5.69 Å². The van der Waals surface area contributed by atoms with Gasteiger partial charge in [-0.05, 0) is 30.9 Å². The second-order valence-corrected chi connectivity index (χ2v) is 4.27. The molecule has 1 aromatic rings. The molecule has 1 fully saturated rings. The molecule has 1 aliphatic rings. The number of nitrogens with zero attached hydrogens (tertiary/aromatic N) is 1. The van der Waals surface area contributed by atoms with E-state index in [9.17, 15) is 4.39 Å². The van der Waals surface area contributed by atoms with E-state index in [0.29, 0.717) is 5.56 Å². The Kier molecular flexibility index (Phi) is 2.91. The maximum atomic E-state index is 13.5. The highest BCUT2D eigenvalue weighted by atomic mass is 19.1. The van der Waals surface area contributed by atoms with Crippen molar-refractivity contribution in [1.29, 1.82) is 0 Å². The smallest absolute Gasteiger partial charge is 0.129 e. The van der Waals surface area contributed by atoms with Crippen LogP contribution in [-0.2, 0) is 6.54 Å². The summed E-state index contributed by atoms with van der Waals surface area (Å²) >= 11 is 0. The fourth-order valence-corrected chi connectivity index (χ4v) is 1.89. The van der Waals surface area contributed by atoms with Crippen LogP contribution in [0.5, 0.6) is 0 Å². The molecular formula is C12H17FN2. The number of nitrogens with two attached hydrogens (primary N) is 1. The number of anilines is 1. The molecule has 0 heterocycles. The average Bonchev–Trinajstić information content (AvgIpc) is 3.01. The van der Waals surface area contributed by atoms with E-state index in [0.717, 1.165) is 18.2 Å². The third-order valence-electron chi connectivity index (χ3n) is 2.94. The first-order valence-electron chi connectivity index (χ1n) is 5.41. The van der Waals surface area contributed by atoms with Gasteiger partial charge in [0.15, 0.2) is 0 Å². The van der Waals surface area contributed by atoms with Crippen LogP contribution in [-0.4, -0.2) is 13.6 Å². The Balaban J connectivity index is 2.20. The zero-order valence-corrected chi connectivity index (χ0v) is 9.04. The molecule has 0 bridgehead atoms. The van der Waals surface area contributed by atoms with E-state index in [1.807, 2.05) is 13.1 Å². The van der Waals surface area contributed by atoms with E-state index in [2.05, 4.69) is 4.90 Å². The summed E-state index contributed by atoms with van der Waals surface area (Å²) in [6.45, 7) is 1.27. The summed E-state index contributed by atoms with van der Waals surface area (Å²) in [7, 11) is 2.01. The first kappa shape index (κ1) is 10.4. The van der Waals surface area contributed by atoms with Crippen LogP contribution in [0.2, 0.25) is 0 Å². The topological polar surface area (TPSA) is 29.3 Å². The molecule has 0 unspecified atom stereocenters. The summed E-state index contributed by atoms with van der Waals surface area (Å²) < 4.78 is 13.5. The minimum absolute atomic E-state index is 0.197. The molecule has 2 N–H and O–H groups in total. The Bertz CT molecular complexity index is 347. The number of benzene rings is 1. The first-order valence-corrected chi connectivity index (χ1v) is 5.41. The summed E-state index contributed by atoms with van der Waals surface area (Å²) in [6.07, 6.45) is 2.61. The summed E-state index contributed by atoms with van der Waals surface area (Å²) in [5.41, 5.74) is 7.13. The first-order chi connectivity index (χ1) is 7.22. The van der Waals surface area contributed by atoms with Crippen LogP contribution >= 0.6 is 0 Å². The normalized spacial score (nSPS) is 15.4. The molecule has 15 heavy (non-hydrogen) atoms. The van der Waals surface area contributed by atoms with Gasteiger partial charge < -0.3 is 10.6 Å². The van der Waals surface area contributed by atoms with Gasteiger partial charge in [-0.15, -0.1) is 0 Å². The molecule has 0 aromatic heterocycles. The largest absolute Gasteiger partial charge is 0.374 e. The molecule has 1 aliphatic carbocycles. The van der Waals surface area contributed by atoms with Gasteiger partial charge in [0, 0.05) is 31.4 Å². The van der Waals surface area contributed by atoms with Crippen molar-refractivity contribution in [1.82, 2.24) is 0 Å². The lowest BCUT2D eigenvalue weighted by molar-refractivity contribution is 0.609. The van der Waals surface area contributed by atoms with Gasteiger partial charge in [0.25, 0.3) is 0 Å². The lowest BCUT2D eigenvalue weighted by Gasteiger charge is -2.22. The van der Waals surface area contributed by atoms with Crippen molar-refractivity contribution in [3.05, 3.63) is 29.6 Å². The van der Waals surface area contributed by atoms with Crippen LogP contribution < -0.4 is 10.6 Å². The van der Waals surface area contributed by atoms with Crippen LogP contribution in [0.25, 0.3) is 0 Å². The van der Waals surface area contributed by atoms with Gasteiger partial charge in [-0.1, -0.05) is 6.07 Å². The molecule has 0 atom stereocenters. The van der Waals surface area contributed by atoms with Gasteiger partial charge in [-0.2, -0.15) is 0 Å². The molecule has 2 rings (SSSR count). The molecular weight excluding hydrogens is 191 g/mol. The highest BCUT2D eigenvalue weighted by Gasteiger charge is 2.23. The zero-order chi connectivity index (χ0) is 10.8. The molecule has 0 saturated heterocycles. The highest BCUT2D eigenvalue weighted by Crippen LogP contribution is 2.32. The maximum absolute atomic E-state index is 13.5. The van der Waals surface area contributed by atoms with E-state index >= 15 is 0 Å². The lowest BCUT2D eigenvalue weighted by atomic mass is 10.1. The van der Waals surface area contributed by atoms with Crippen LogP contribution in [0.1, 0.15) is 18.4 Å². The minimum Gasteiger partial charge on any atom is -0.374 e. The van der Waals surface area contributed by atoms with Gasteiger partial charge in [0.2, 0.25) is 0 Å². The second kappa shape index (κ2) is 4.19. The van der Waals surface area contributed by atoms with Gasteiger partial charge in [0.1, 0.15) is 5.82 Å². The fourth-order valence-electron chi connectivity index (χ4n) is 1.89. The number of rotatable bonds is 4. The Morgan fingerprint density at radius 3 is 2.80 bits per heavy atom. The van der Waals surface area contributed by atoms with Crippen LogP contribution in [0.15, 0.2) is 18.2 Å². The van der Waals surface area contributed by atoms with Crippen molar-refractivity contribution in [3.63, 3.8) is 0 Å². The van der Waals surface area contributed by atoms with Crippen molar-refractivity contribution in [2.45, 2.75) is 19.4 Å². The fraction of sp³-hybridized carbons (Fsp3) is 0.500. The van der Waals surface area contributed by atoms with Crippen LogP contribution in [0.3, 0.4) is 0 Å². The van der Waals surface area contributed by atoms with E-state index in [1.165, 1.54) is 18.9 Å². The summed E-state index contributed by atoms with van der Waals surface area (Å²) in [5, 5.41) is 0. The maximum Gasteiger partial charge on any atom is 0.129 e. The van der Waals surface area contributed by atoms with Crippen molar-refractivity contribution < 1.29 is 4.39 Å². The third kappa shape index (κ3) is 2.29. The summed E-state index contributed by atoms with van der Waals surface area (Å²) in [5.74, 6) is 0.599. The molecule has 0 amide bonds. The summed E-state index contributed by atoms with van der Waals surface area (Å²) in [4.78, 5) is 2.11. The van der Waals surface area contributed by atoms with Crippen LogP contribution in [0.4, 0.5) is 10.1 Å². The molecule has 1 aromatic carbocycles. The quantitative estimate of drug-likeness (QED) is 0.821. The average molecular weight is 208 g/mol. The minimum atomic E-state index is -0.197. The molecule has 2 nitrogen and oxygen atoms in total. The Labute approximate surface area is 89.9 Å². The predicted molar refractivity (Wildman–Crippen MR) is 60.3 cm³/mol. The zero-order valence-electron chi connectivity index (χ0n) is 9.04. The van der Waals surface area contributed by atoms with Gasteiger partial charge in [0.05, 0.1) is 0 Å². The number of hydrogen-bond donors (Lipinski definition) is 1. The Morgan fingerprint density at radius 1 is 1.47 bits per heavy atom. The molecule has 0 aliphatic heterocycles. The van der Waals surface area contributed by atoms with E-state index in [4.69, 9.17) is 5.73 Å². The Hall–Kier alpha value is -1.09. The molecule has 82 valence electrons. The van der Waals surface area contributed by atoms with Crippen molar-refractivity contribution in [2.75, 3.05) is 18.5 Å². The Morgan fingerprint density at radius 2 is 2.20 bits per heavy atom. The summed E-state index contributed by atoms with van der Waals surface area (Å²) in [6, 6.07) is 5.15. The van der Waals surface area contributed by atoms with Crippen molar-refractivity contribution in [3.8, 4) is 0 Å². The van der Waals surface area contributed by atoms with E-state index < -0.39 is 0 Å². The predicted octanol–water partition coefficient (Wildman–Crippen LogP) is 2.13. The highest BCUT2D eigenvalue weighted by molar-refractivity contribution is 5.53. The van der Waals surface area contributed by atoms with Gasteiger partial charge in [-0.3, -0.25) is 0 Å². The van der Waals surface area contributed by atoms with Gasteiger partial charge in [-0.25, -0.2) is 4.39 Å². The second-order valence-electron chi connectivity index (χ2n) is 4.27. The monoisotopic (exact) mass is 208 g/mol. The SMILES string of the molecule is CN(CC1CC1)c1cccc(F)c1CN. The van der Waals surface area contributed by atoms with Crippen LogP contribution in [0, 0.1) is 11.7 Å². The molecule has 0 radical (unpaired) electrons. The van der Waals surface area contributed by atoms with E-state index in [1.54, 1.807) is 6.07 Å². The lowest BCUT2D eigenvalue weighted by Crippen LogP contribution is -2.22. The van der Waals surface area contributed by atoms with Crippen molar-refractivity contribution in [2.24, 2.45) is 11.7 Å². The molecule has 0 spiro atoms. The molecule has 1 saturated carbocycles. The number of hydrogen-bond acceptors (Lipinski definition) is 2. The third-order valence-corrected chi connectivity index (χ3v) is 2.94. The van der Waals surface area contributed by atoms with Gasteiger partial charge >= 0.3 is 0 Å².